The highest BCUT2D eigenvalue weighted by molar-refractivity contribution is 8.00. The molecule has 3 heterocycles. The summed E-state index contributed by atoms with van der Waals surface area (Å²) in [7, 11) is 0. The second-order valence-electron chi connectivity index (χ2n) is 16.5. The van der Waals surface area contributed by atoms with Crippen molar-refractivity contribution < 1.29 is 4.74 Å². The highest BCUT2D eigenvalue weighted by Gasteiger charge is 2.58. The third-order valence-electron chi connectivity index (χ3n) is 14.3. The fraction of sp³-hybridized carbons (Fsp3) is 1.00. The van der Waals surface area contributed by atoms with Crippen LogP contribution in [0.4, 0.5) is 0 Å². The Kier molecular flexibility index (Phi) is 8.87. The van der Waals surface area contributed by atoms with Crippen LogP contribution in [0.1, 0.15) is 148 Å². The summed E-state index contributed by atoms with van der Waals surface area (Å²) < 4.78 is 7.18. The molecule has 43 heavy (non-hydrogen) atoms. The van der Waals surface area contributed by atoms with Crippen LogP contribution in [-0.2, 0) is 4.74 Å². The van der Waals surface area contributed by atoms with E-state index >= 15 is 0 Å². The zero-order valence-electron chi connectivity index (χ0n) is 27.0. The van der Waals surface area contributed by atoms with Gasteiger partial charge in [-0.1, -0.05) is 70.6 Å². The van der Waals surface area contributed by atoms with Gasteiger partial charge < -0.3 is 4.74 Å². The van der Waals surface area contributed by atoms with Crippen LogP contribution in [-0.4, -0.2) is 85.4 Å². The minimum Gasteiger partial charge on any atom is -0.358 e. The molecule has 9 aliphatic rings. The van der Waals surface area contributed by atoms with Crippen molar-refractivity contribution in [2.24, 2.45) is 5.92 Å². The summed E-state index contributed by atoms with van der Waals surface area (Å²) in [6, 6.07) is 5.38. The van der Waals surface area contributed by atoms with E-state index in [1.165, 1.54) is 148 Å². The van der Waals surface area contributed by atoms with Crippen LogP contribution in [0.25, 0.3) is 0 Å². The zero-order valence-corrected chi connectivity index (χ0v) is 28.6. The van der Waals surface area contributed by atoms with Crippen molar-refractivity contribution in [1.82, 2.24) is 15.1 Å². The standard InChI is InChI=1S/C37H61N3OS2/c1-6-19-31-25(13-1)38-37(41-31)24-12-11-18-30(39-26-14-2-7-20-32(26)42-33-21-8-3-15-27(33)39)36(24)40-28-16-4-9-22-34(28)43-35-23-10-5-17-29(35)40/h24-38H,1-23H2. The number of hydrogen-bond donors (Lipinski definition) is 1. The van der Waals surface area contributed by atoms with Gasteiger partial charge >= 0.3 is 0 Å². The molecule has 0 aromatic carbocycles. The normalized spacial score (nSPS) is 52.7. The number of thioether (sulfide) groups is 2. The van der Waals surface area contributed by atoms with E-state index in [1.54, 1.807) is 0 Å². The molecule has 14 unspecified atom stereocenters. The lowest BCUT2D eigenvalue weighted by Crippen LogP contribution is -2.73. The molecule has 9 fully saturated rings. The minimum absolute atomic E-state index is 0.294. The number of hydrogen-bond acceptors (Lipinski definition) is 6. The first-order valence-corrected chi connectivity index (χ1v) is 21.5. The highest BCUT2D eigenvalue weighted by Crippen LogP contribution is 2.54. The molecule has 0 radical (unpaired) electrons. The summed E-state index contributed by atoms with van der Waals surface area (Å²) in [5, 5.41) is 7.81. The molecule has 6 aliphatic carbocycles. The van der Waals surface area contributed by atoms with Crippen LogP contribution in [0.3, 0.4) is 0 Å². The Morgan fingerprint density at radius 1 is 0.442 bits per heavy atom. The quantitative estimate of drug-likeness (QED) is 0.340. The molecule has 0 bridgehead atoms. The Hall–Kier alpha value is 0.540. The largest absolute Gasteiger partial charge is 0.358 e. The summed E-state index contributed by atoms with van der Waals surface area (Å²) in [6.45, 7) is 0. The smallest absolute Gasteiger partial charge is 0.113 e. The first-order valence-electron chi connectivity index (χ1n) is 19.6. The average molecular weight is 628 g/mol. The third-order valence-corrected chi connectivity index (χ3v) is 17.9. The molecule has 6 heteroatoms. The van der Waals surface area contributed by atoms with Crippen molar-refractivity contribution in [1.29, 1.82) is 0 Å². The van der Waals surface area contributed by atoms with Gasteiger partial charge in [0.15, 0.2) is 0 Å². The molecule has 0 spiro atoms. The predicted octanol–water partition coefficient (Wildman–Crippen LogP) is 8.12. The van der Waals surface area contributed by atoms with E-state index in [1.807, 2.05) is 0 Å². The van der Waals surface area contributed by atoms with Gasteiger partial charge in [-0.05, 0) is 77.0 Å². The first-order chi connectivity index (χ1) is 21.3. The van der Waals surface area contributed by atoms with Crippen molar-refractivity contribution in [2.75, 3.05) is 0 Å². The molecule has 1 N–H and O–H groups in total. The third kappa shape index (κ3) is 5.42. The number of rotatable bonds is 3. The molecule has 0 aromatic rings. The maximum Gasteiger partial charge on any atom is 0.113 e. The molecule has 0 amide bonds. The lowest BCUT2D eigenvalue weighted by Gasteiger charge is -2.64. The average Bonchev–Trinajstić information content (AvgIpc) is 3.50. The van der Waals surface area contributed by atoms with Crippen LogP contribution in [0.2, 0.25) is 0 Å². The summed E-state index contributed by atoms with van der Waals surface area (Å²) in [5.74, 6) is 0.663. The Bertz CT molecular complexity index is 910. The molecule has 14 atom stereocenters. The van der Waals surface area contributed by atoms with Crippen LogP contribution < -0.4 is 5.32 Å². The highest BCUT2D eigenvalue weighted by atomic mass is 32.2. The van der Waals surface area contributed by atoms with Gasteiger partial charge in [0.2, 0.25) is 0 Å². The van der Waals surface area contributed by atoms with Gasteiger partial charge in [0.1, 0.15) is 6.23 Å². The molecule has 4 nitrogen and oxygen atoms in total. The Labute approximate surface area is 271 Å². The Morgan fingerprint density at radius 2 is 0.907 bits per heavy atom. The zero-order chi connectivity index (χ0) is 28.3. The molecular formula is C37H61N3OS2. The maximum atomic E-state index is 7.18. The van der Waals surface area contributed by atoms with Gasteiger partial charge in [-0.25, -0.2) is 0 Å². The van der Waals surface area contributed by atoms with E-state index < -0.39 is 0 Å². The minimum atomic E-state index is 0.294. The van der Waals surface area contributed by atoms with E-state index in [2.05, 4.69) is 38.6 Å². The van der Waals surface area contributed by atoms with Crippen LogP contribution in [0.5, 0.6) is 0 Å². The van der Waals surface area contributed by atoms with E-state index in [-0.39, 0.29) is 0 Å². The van der Waals surface area contributed by atoms with Gasteiger partial charge in [0, 0.05) is 69.2 Å². The van der Waals surface area contributed by atoms with Gasteiger partial charge in [0.25, 0.3) is 0 Å². The lowest BCUT2D eigenvalue weighted by atomic mass is 9.73. The van der Waals surface area contributed by atoms with Crippen molar-refractivity contribution >= 4 is 23.5 Å². The monoisotopic (exact) mass is 627 g/mol. The SMILES string of the molecule is C1CCC2OC(C3CCCC(N4C5CCCCC5SC5CCCCC54)C3N3C4CCCCC4SC4CCCCC43)NC2C1. The van der Waals surface area contributed by atoms with Crippen LogP contribution in [0, 0.1) is 5.92 Å². The predicted molar refractivity (Wildman–Crippen MR) is 182 cm³/mol. The van der Waals surface area contributed by atoms with Gasteiger partial charge in [-0.15, -0.1) is 0 Å². The molecule has 9 rings (SSSR count). The summed E-state index contributed by atoms with van der Waals surface area (Å²) >= 11 is 4.97. The van der Waals surface area contributed by atoms with Crippen molar-refractivity contribution in [3.8, 4) is 0 Å². The van der Waals surface area contributed by atoms with Crippen LogP contribution >= 0.6 is 23.5 Å². The lowest BCUT2D eigenvalue weighted by molar-refractivity contribution is -0.116. The Morgan fingerprint density at radius 3 is 1.47 bits per heavy atom. The number of fused-ring (bicyclic) bond motifs is 5. The maximum absolute atomic E-state index is 7.18. The summed E-state index contributed by atoms with van der Waals surface area (Å²) in [5.41, 5.74) is 0. The van der Waals surface area contributed by atoms with Gasteiger partial charge in [0.05, 0.1) is 6.10 Å². The summed E-state index contributed by atoms with van der Waals surface area (Å²) in [4.78, 5) is 6.74. The fourth-order valence-electron chi connectivity index (χ4n) is 12.6. The van der Waals surface area contributed by atoms with Gasteiger partial charge in [-0.2, -0.15) is 23.5 Å². The second kappa shape index (κ2) is 12.9. The molecule has 6 saturated carbocycles. The number of nitrogens with zero attached hydrogens (tertiary/aromatic N) is 2. The summed E-state index contributed by atoms with van der Waals surface area (Å²) in [6.07, 6.45) is 34.1. The van der Waals surface area contributed by atoms with Crippen molar-refractivity contribution in [2.45, 2.75) is 223 Å². The molecule has 242 valence electrons. The first kappa shape index (κ1) is 29.7. The second-order valence-corrected chi connectivity index (χ2v) is 19.5. The van der Waals surface area contributed by atoms with Gasteiger partial charge in [-0.3, -0.25) is 15.1 Å². The number of ether oxygens (including phenoxy) is 1. The molecule has 3 aliphatic heterocycles. The topological polar surface area (TPSA) is 27.7 Å². The fourth-order valence-corrected chi connectivity index (χ4v) is 16.5. The van der Waals surface area contributed by atoms with Crippen molar-refractivity contribution in [3.63, 3.8) is 0 Å². The molecule has 3 saturated heterocycles. The Balaban J connectivity index is 1.13. The number of nitrogens with one attached hydrogen (secondary N) is 1. The van der Waals surface area contributed by atoms with E-state index in [4.69, 9.17) is 4.74 Å². The van der Waals surface area contributed by atoms with Crippen molar-refractivity contribution in [3.05, 3.63) is 0 Å². The molecular weight excluding hydrogens is 567 g/mol. The molecule has 0 aromatic heterocycles. The van der Waals surface area contributed by atoms with Crippen LogP contribution in [0.15, 0.2) is 0 Å². The van der Waals surface area contributed by atoms with E-state index in [0.29, 0.717) is 30.3 Å². The van der Waals surface area contributed by atoms with E-state index in [9.17, 15) is 0 Å². The van der Waals surface area contributed by atoms with E-state index in [0.717, 1.165) is 51.2 Å².